The Kier molecular flexibility index (Phi) is 2.10. The van der Waals surface area contributed by atoms with Gasteiger partial charge < -0.3 is 24.1 Å². The van der Waals surface area contributed by atoms with E-state index in [2.05, 4.69) is 0 Å². The van der Waals surface area contributed by atoms with Crippen molar-refractivity contribution in [3.8, 4) is 0 Å². The zero-order valence-electron chi connectivity index (χ0n) is 8.88. The fraction of sp³-hybridized carbons (Fsp3) is 1.00. The number of rotatable bonds is 0. The maximum Gasteiger partial charge on any atom is 0.190 e. The molecular weight excluding hydrogens is 200 g/mol. The highest BCUT2D eigenvalue weighted by Crippen LogP contribution is 2.41. The predicted octanol–water partition coefficient (Wildman–Crippen LogP) is 0.360. The van der Waals surface area contributed by atoms with Gasteiger partial charge in [-0.25, -0.2) is 0 Å². The molecule has 0 saturated carbocycles. The van der Waals surface area contributed by atoms with Crippen LogP contribution in [0.25, 0.3) is 0 Å². The Labute approximate surface area is 88.3 Å². The van der Waals surface area contributed by atoms with Crippen LogP contribution >= 0.6 is 0 Å². The molecule has 86 valence electrons. The van der Waals surface area contributed by atoms with Gasteiger partial charge in [0.15, 0.2) is 18.4 Å². The SMILES string of the molecule is CC1(C)O[C@H]2O[C@@H]3CC[C@@H](O)O[C@@H]3[C@H]2O1. The van der Waals surface area contributed by atoms with E-state index in [0.29, 0.717) is 6.42 Å². The van der Waals surface area contributed by atoms with Crippen molar-refractivity contribution in [1.29, 1.82) is 0 Å². The summed E-state index contributed by atoms with van der Waals surface area (Å²) in [5.41, 5.74) is 0. The van der Waals surface area contributed by atoms with Gasteiger partial charge in [-0.3, -0.25) is 0 Å². The Hall–Kier alpha value is -0.200. The number of aliphatic hydroxyl groups is 1. The van der Waals surface area contributed by atoms with E-state index in [0.717, 1.165) is 6.42 Å². The van der Waals surface area contributed by atoms with Crippen LogP contribution in [0.4, 0.5) is 0 Å². The summed E-state index contributed by atoms with van der Waals surface area (Å²) in [5.74, 6) is -0.619. The van der Waals surface area contributed by atoms with Gasteiger partial charge in [-0.15, -0.1) is 0 Å². The Morgan fingerprint density at radius 3 is 2.67 bits per heavy atom. The molecule has 5 atom stereocenters. The summed E-state index contributed by atoms with van der Waals surface area (Å²) in [7, 11) is 0. The van der Waals surface area contributed by atoms with Gasteiger partial charge >= 0.3 is 0 Å². The summed E-state index contributed by atoms with van der Waals surface area (Å²) in [6.45, 7) is 3.70. The molecule has 0 unspecified atom stereocenters. The number of hydrogen-bond donors (Lipinski definition) is 1. The van der Waals surface area contributed by atoms with Crippen molar-refractivity contribution in [3.05, 3.63) is 0 Å². The molecule has 3 heterocycles. The second kappa shape index (κ2) is 3.15. The number of ether oxygens (including phenoxy) is 4. The third-order valence-corrected chi connectivity index (χ3v) is 3.10. The van der Waals surface area contributed by atoms with E-state index in [1.165, 1.54) is 0 Å². The minimum atomic E-state index is -0.694. The minimum Gasteiger partial charge on any atom is -0.368 e. The van der Waals surface area contributed by atoms with Crippen LogP contribution in [0.15, 0.2) is 0 Å². The van der Waals surface area contributed by atoms with Crippen LogP contribution in [0.1, 0.15) is 26.7 Å². The summed E-state index contributed by atoms with van der Waals surface area (Å²) in [4.78, 5) is 0. The molecule has 3 saturated heterocycles. The minimum absolute atomic E-state index is 0.000463. The molecule has 0 aliphatic carbocycles. The quantitative estimate of drug-likeness (QED) is 0.633. The molecule has 1 N–H and O–H groups in total. The van der Waals surface area contributed by atoms with E-state index in [-0.39, 0.29) is 24.6 Å². The fourth-order valence-corrected chi connectivity index (χ4v) is 2.50. The van der Waals surface area contributed by atoms with Gasteiger partial charge in [0, 0.05) is 6.42 Å². The van der Waals surface area contributed by atoms with E-state index in [9.17, 15) is 5.11 Å². The molecule has 15 heavy (non-hydrogen) atoms. The highest BCUT2D eigenvalue weighted by molar-refractivity contribution is 4.95. The molecule has 3 rings (SSSR count). The van der Waals surface area contributed by atoms with Crippen molar-refractivity contribution in [2.24, 2.45) is 0 Å². The first-order chi connectivity index (χ1) is 7.05. The van der Waals surface area contributed by atoms with Crippen molar-refractivity contribution in [3.63, 3.8) is 0 Å². The smallest absolute Gasteiger partial charge is 0.190 e. The standard InChI is InChI=1S/C10H16O5/c1-10(2)14-8-7-5(12-9(8)15-10)3-4-6(11)13-7/h5-9,11H,3-4H2,1-2H3/t5-,6+,7+,8-,9-/m1/s1. The summed E-state index contributed by atoms with van der Waals surface area (Å²) < 4.78 is 22.4. The van der Waals surface area contributed by atoms with Crippen molar-refractivity contribution in [2.75, 3.05) is 0 Å². The molecule has 0 aromatic heterocycles. The zero-order chi connectivity index (χ0) is 10.6. The summed E-state index contributed by atoms with van der Waals surface area (Å²) in [5, 5.41) is 9.43. The van der Waals surface area contributed by atoms with Gasteiger partial charge in [-0.05, 0) is 20.3 Å². The van der Waals surface area contributed by atoms with Crippen molar-refractivity contribution in [2.45, 2.75) is 63.4 Å². The summed E-state index contributed by atoms with van der Waals surface area (Å²) >= 11 is 0. The summed E-state index contributed by atoms with van der Waals surface area (Å²) in [6.07, 6.45) is -0.0307. The van der Waals surface area contributed by atoms with Gasteiger partial charge in [0.25, 0.3) is 0 Å². The van der Waals surface area contributed by atoms with E-state index in [4.69, 9.17) is 18.9 Å². The van der Waals surface area contributed by atoms with Gasteiger partial charge in [-0.2, -0.15) is 0 Å². The summed E-state index contributed by atoms with van der Waals surface area (Å²) in [6, 6.07) is 0. The van der Waals surface area contributed by atoms with Crippen LogP contribution in [-0.4, -0.2) is 41.8 Å². The Morgan fingerprint density at radius 1 is 1.07 bits per heavy atom. The Balaban J connectivity index is 1.77. The largest absolute Gasteiger partial charge is 0.368 e. The highest BCUT2D eigenvalue weighted by atomic mass is 16.8. The third kappa shape index (κ3) is 1.59. The predicted molar refractivity (Wildman–Crippen MR) is 48.8 cm³/mol. The molecule has 0 bridgehead atoms. The lowest BCUT2D eigenvalue weighted by Gasteiger charge is -2.31. The lowest BCUT2D eigenvalue weighted by Crippen LogP contribution is -2.43. The second-order valence-corrected chi connectivity index (χ2v) is 4.78. The lowest BCUT2D eigenvalue weighted by atomic mass is 10.0. The normalized spacial score (nSPS) is 52.6. The average molecular weight is 216 g/mol. The molecular formula is C10H16O5. The van der Waals surface area contributed by atoms with Crippen molar-refractivity contribution < 1.29 is 24.1 Å². The van der Waals surface area contributed by atoms with E-state index in [1.54, 1.807) is 0 Å². The molecule has 5 nitrogen and oxygen atoms in total. The lowest BCUT2D eigenvalue weighted by molar-refractivity contribution is -0.250. The topological polar surface area (TPSA) is 57.2 Å². The molecule has 5 heteroatoms. The molecule has 0 aromatic rings. The van der Waals surface area contributed by atoms with Crippen LogP contribution in [0.3, 0.4) is 0 Å². The van der Waals surface area contributed by atoms with Crippen molar-refractivity contribution >= 4 is 0 Å². The van der Waals surface area contributed by atoms with E-state index < -0.39 is 12.1 Å². The van der Waals surface area contributed by atoms with Crippen LogP contribution in [0, 0.1) is 0 Å². The number of fused-ring (bicyclic) bond motifs is 3. The first kappa shape index (κ1) is 9.99. The van der Waals surface area contributed by atoms with Gasteiger partial charge in [0.1, 0.15) is 12.2 Å². The van der Waals surface area contributed by atoms with Crippen LogP contribution in [-0.2, 0) is 18.9 Å². The first-order valence-corrected chi connectivity index (χ1v) is 5.40. The molecule has 0 aromatic carbocycles. The van der Waals surface area contributed by atoms with Gasteiger partial charge in [-0.1, -0.05) is 0 Å². The highest BCUT2D eigenvalue weighted by Gasteiger charge is 2.56. The Bertz CT molecular complexity index is 267. The molecule has 3 aliphatic rings. The second-order valence-electron chi connectivity index (χ2n) is 4.78. The number of hydrogen-bond acceptors (Lipinski definition) is 5. The van der Waals surface area contributed by atoms with Crippen molar-refractivity contribution in [1.82, 2.24) is 0 Å². The van der Waals surface area contributed by atoms with E-state index in [1.807, 2.05) is 13.8 Å². The maximum atomic E-state index is 9.43. The van der Waals surface area contributed by atoms with Gasteiger partial charge in [0.2, 0.25) is 0 Å². The molecule has 0 amide bonds. The van der Waals surface area contributed by atoms with Gasteiger partial charge in [0.05, 0.1) is 6.10 Å². The molecule has 0 radical (unpaired) electrons. The average Bonchev–Trinajstić information content (AvgIpc) is 2.58. The first-order valence-electron chi connectivity index (χ1n) is 5.40. The molecule has 3 aliphatic heterocycles. The zero-order valence-corrected chi connectivity index (χ0v) is 8.88. The monoisotopic (exact) mass is 216 g/mol. The van der Waals surface area contributed by atoms with Crippen LogP contribution in [0.5, 0.6) is 0 Å². The maximum absolute atomic E-state index is 9.43. The third-order valence-electron chi connectivity index (χ3n) is 3.10. The Morgan fingerprint density at radius 2 is 1.87 bits per heavy atom. The fourth-order valence-electron chi connectivity index (χ4n) is 2.50. The van der Waals surface area contributed by atoms with Crippen LogP contribution in [0.2, 0.25) is 0 Å². The molecule has 3 fully saturated rings. The number of aliphatic hydroxyl groups excluding tert-OH is 1. The molecule has 0 spiro atoms. The van der Waals surface area contributed by atoms with Crippen LogP contribution < -0.4 is 0 Å². The van der Waals surface area contributed by atoms with E-state index >= 15 is 0 Å².